The van der Waals surface area contributed by atoms with Crippen LogP contribution in [0.4, 0.5) is 4.39 Å². The number of carbonyl (C=O) groups is 1. The molecule has 1 unspecified atom stereocenters. The number of benzene rings is 1. The number of aryl methyl sites for hydroxylation is 2. The summed E-state index contributed by atoms with van der Waals surface area (Å²) in [7, 11) is 0. The minimum atomic E-state index is -0.257. The van der Waals surface area contributed by atoms with Crippen molar-refractivity contribution in [2.24, 2.45) is 0 Å². The second-order valence-electron chi connectivity index (χ2n) is 6.85. The van der Waals surface area contributed by atoms with E-state index in [0.717, 1.165) is 40.6 Å². The number of thiazole rings is 1. The van der Waals surface area contributed by atoms with Crippen LogP contribution in [-0.2, 0) is 6.42 Å². The molecule has 1 atom stereocenters. The molecule has 1 aromatic carbocycles. The second kappa shape index (κ2) is 7.23. The van der Waals surface area contributed by atoms with Gasteiger partial charge in [-0.15, -0.1) is 11.3 Å². The van der Waals surface area contributed by atoms with E-state index < -0.39 is 0 Å². The van der Waals surface area contributed by atoms with Crippen molar-refractivity contribution < 1.29 is 13.7 Å². The molecule has 5 nitrogen and oxygen atoms in total. The number of aromatic nitrogens is 2. The number of hydrogen-bond acceptors (Lipinski definition) is 5. The Morgan fingerprint density at radius 2 is 2.11 bits per heavy atom. The zero-order chi connectivity index (χ0) is 19.0. The third-order valence-electron chi connectivity index (χ3n) is 4.79. The first-order valence-electron chi connectivity index (χ1n) is 8.96. The van der Waals surface area contributed by atoms with E-state index in [4.69, 9.17) is 4.52 Å². The van der Waals surface area contributed by atoms with Crippen LogP contribution >= 0.6 is 11.3 Å². The molecule has 140 valence electrons. The summed E-state index contributed by atoms with van der Waals surface area (Å²) >= 11 is 1.41. The number of likely N-dealkylation sites (tertiary alicyclic amines) is 1. The first-order valence-corrected chi connectivity index (χ1v) is 9.78. The molecule has 1 aliphatic rings. The number of halogens is 1. The van der Waals surface area contributed by atoms with E-state index in [1.54, 1.807) is 12.1 Å². The van der Waals surface area contributed by atoms with Crippen LogP contribution in [0.2, 0.25) is 0 Å². The van der Waals surface area contributed by atoms with E-state index in [2.05, 4.69) is 10.1 Å². The van der Waals surface area contributed by atoms with Gasteiger partial charge in [0.15, 0.2) is 5.76 Å². The maximum atomic E-state index is 13.2. The molecule has 27 heavy (non-hydrogen) atoms. The average Bonchev–Trinajstić information content (AvgIpc) is 3.36. The van der Waals surface area contributed by atoms with Crippen molar-refractivity contribution in [1.82, 2.24) is 15.0 Å². The van der Waals surface area contributed by atoms with Gasteiger partial charge in [0.25, 0.3) is 5.91 Å². The second-order valence-corrected chi connectivity index (χ2v) is 7.94. The number of hydrogen-bond donors (Lipinski definition) is 0. The molecule has 0 spiro atoms. The first-order chi connectivity index (χ1) is 13.0. The standard InChI is InChI=1S/C20H20FN3O2S/c1-12-10-17(26-23-12)16-4-3-9-24(16)20(25)19-13(2)22-18(27-19)11-14-5-7-15(21)8-6-14/h5-8,10,16H,3-4,9,11H2,1-2H3. The third-order valence-corrected chi connectivity index (χ3v) is 5.94. The number of rotatable bonds is 4. The molecule has 3 heterocycles. The van der Waals surface area contributed by atoms with Crippen molar-refractivity contribution in [1.29, 1.82) is 0 Å². The molecule has 1 aliphatic heterocycles. The molecule has 0 bridgehead atoms. The van der Waals surface area contributed by atoms with Crippen LogP contribution in [0.25, 0.3) is 0 Å². The SMILES string of the molecule is Cc1cc(C2CCCN2C(=O)c2sc(Cc3ccc(F)cc3)nc2C)on1. The van der Waals surface area contributed by atoms with Gasteiger partial charge in [-0.2, -0.15) is 0 Å². The van der Waals surface area contributed by atoms with Gasteiger partial charge >= 0.3 is 0 Å². The molecule has 0 aliphatic carbocycles. The molecule has 7 heteroatoms. The molecule has 1 amide bonds. The Bertz CT molecular complexity index is 964. The summed E-state index contributed by atoms with van der Waals surface area (Å²) in [5.74, 6) is 0.478. The molecule has 1 saturated heterocycles. The van der Waals surface area contributed by atoms with Gasteiger partial charge in [-0.05, 0) is 44.4 Å². The van der Waals surface area contributed by atoms with Gasteiger partial charge in [0.2, 0.25) is 0 Å². The van der Waals surface area contributed by atoms with E-state index in [1.165, 1.54) is 23.5 Å². The van der Waals surface area contributed by atoms with Crippen LogP contribution in [0, 0.1) is 19.7 Å². The summed E-state index contributed by atoms with van der Waals surface area (Å²) in [6, 6.07) is 8.20. The first kappa shape index (κ1) is 17.9. The van der Waals surface area contributed by atoms with Gasteiger partial charge < -0.3 is 9.42 Å². The molecule has 0 N–H and O–H groups in total. The Kier molecular flexibility index (Phi) is 4.78. The van der Waals surface area contributed by atoms with E-state index in [1.807, 2.05) is 24.8 Å². The van der Waals surface area contributed by atoms with E-state index in [0.29, 0.717) is 17.8 Å². The van der Waals surface area contributed by atoms with Crippen LogP contribution in [0.15, 0.2) is 34.9 Å². The highest BCUT2D eigenvalue weighted by molar-refractivity contribution is 7.13. The Labute approximate surface area is 160 Å². The smallest absolute Gasteiger partial charge is 0.266 e. The number of nitrogens with zero attached hydrogens (tertiary/aromatic N) is 3. The summed E-state index contributed by atoms with van der Waals surface area (Å²) in [5, 5.41) is 4.81. The Hall–Kier alpha value is -2.54. The van der Waals surface area contributed by atoms with E-state index >= 15 is 0 Å². The number of amides is 1. The van der Waals surface area contributed by atoms with Crippen LogP contribution in [-0.4, -0.2) is 27.5 Å². The largest absolute Gasteiger partial charge is 0.359 e. The van der Waals surface area contributed by atoms with Gasteiger partial charge in [0.1, 0.15) is 10.7 Å². The van der Waals surface area contributed by atoms with Crippen LogP contribution in [0.5, 0.6) is 0 Å². The van der Waals surface area contributed by atoms with Gasteiger partial charge in [0.05, 0.1) is 22.4 Å². The zero-order valence-electron chi connectivity index (χ0n) is 15.2. The maximum absolute atomic E-state index is 13.2. The highest BCUT2D eigenvalue weighted by Gasteiger charge is 2.34. The quantitative estimate of drug-likeness (QED) is 0.665. The van der Waals surface area contributed by atoms with Gasteiger partial charge in [0, 0.05) is 19.0 Å². The predicted molar refractivity (Wildman–Crippen MR) is 100 cm³/mol. The summed E-state index contributed by atoms with van der Waals surface area (Å²) in [6.45, 7) is 4.44. The highest BCUT2D eigenvalue weighted by atomic mass is 32.1. The number of carbonyl (C=O) groups excluding carboxylic acids is 1. The highest BCUT2D eigenvalue weighted by Crippen LogP contribution is 2.35. The van der Waals surface area contributed by atoms with Crippen molar-refractivity contribution in [3.05, 3.63) is 68.7 Å². The fourth-order valence-electron chi connectivity index (χ4n) is 3.48. The van der Waals surface area contributed by atoms with E-state index in [9.17, 15) is 9.18 Å². The fraction of sp³-hybridized carbons (Fsp3) is 0.350. The molecule has 0 saturated carbocycles. The molecule has 4 rings (SSSR count). The minimum Gasteiger partial charge on any atom is -0.359 e. The van der Waals surface area contributed by atoms with Crippen molar-refractivity contribution in [3.63, 3.8) is 0 Å². The maximum Gasteiger partial charge on any atom is 0.266 e. The van der Waals surface area contributed by atoms with Crippen molar-refractivity contribution in [2.45, 2.75) is 39.2 Å². The van der Waals surface area contributed by atoms with Crippen molar-refractivity contribution in [3.8, 4) is 0 Å². The van der Waals surface area contributed by atoms with Gasteiger partial charge in [-0.25, -0.2) is 9.37 Å². The molecular formula is C20H20FN3O2S. The summed E-state index contributed by atoms with van der Waals surface area (Å²) < 4.78 is 18.5. The monoisotopic (exact) mass is 385 g/mol. The Morgan fingerprint density at radius 1 is 1.33 bits per heavy atom. The van der Waals surface area contributed by atoms with Crippen LogP contribution < -0.4 is 0 Å². The fourth-order valence-corrected chi connectivity index (χ4v) is 4.53. The molecule has 3 aromatic rings. The van der Waals surface area contributed by atoms with Crippen LogP contribution in [0.3, 0.4) is 0 Å². The summed E-state index contributed by atoms with van der Waals surface area (Å²) in [4.78, 5) is 20.2. The van der Waals surface area contributed by atoms with E-state index in [-0.39, 0.29) is 17.8 Å². The van der Waals surface area contributed by atoms with Crippen molar-refractivity contribution in [2.75, 3.05) is 6.54 Å². The lowest BCUT2D eigenvalue weighted by atomic mass is 10.1. The van der Waals surface area contributed by atoms with Crippen molar-refractivity contribution >= 4 is 17.2 Å². The third kappa shape index (κ3) is 3.64. The lowest BCUT2D eigenvalue weighted by molar-refractivity contribution is 0.0718. The molecule has 0 radical (unpaired) electrons. The Balaban J connectivity index is 1.55. The summed E-state index contributed by atoms with van der Waals surface area (Å²) in [5.41, 5.74) is 2.53. The van der Waals surface area contributed by atoms with Gasteiger partial charge in [-0.3, -0.25) is 4.79 Å². The Morgan fingerprint density at radius 3 is 2.81 bits per heavy atom. The summed E-state index contributed by atoms with van der Waals surface area (Å²) in [6.07, 6.45) is 2.40. The zero-order valence-corrected chi connectivity index (χ0v) is 16.1. The lowest BCUT2D eigenvalue weighted by Crippen LogP contribution is -2.30. The molecule has 2 aromatic heterocycles. The predicted octanol–water partition coefficient (Wildman–Crippen LogP) is 4.46. The topological polar surface area (TPSA) is 59.2 Å². The normalized spacial score (nSPS) is 16.9. The average molecular weight is 385 g/mol. The molecular weight excluding hydrogens is 365 g/mol. The lowest BCUT2D eigenvalue weighted by Gasteiger charge is -2.22. The van der Waals surface area contributed by atoms with Crippen LogP contribution in [0.1, 0.15) is 56.3 Å². The minimum absolute atomic E-state index is 0.00749. The molecule has 1 fully saturated rings. The van der Waals surface area contributed by atoms with Gasteiger partial charge in [-0.1, -0.05) is 17.3 Å².